The Kier molecular flexibility index (Phi) is 14.5. The topological polar surface area (TPSA) is 18.5 Å². The van der Waals surface area contributed by atoms with Crippen LogP contribution in [-0.2, 0) is 9.47 Å². The van der Waals surface area contributed by atoms with Crippen molar-refractivity contribution in [3.8, 4) is 0 Å². The molecule has 0 radical (unpaired) electrons. The van der Waals surface area contributed by atoms with E-state index in [2.05, 4.69) is 27.7 Å². The first-order valence-electron chi connectivity index (χ1n) is 9.89. The summed E-state index contributed by atoms with van der Waals surface area (Å²) < 4.78 is 12.1. The van der Waals surface area contributed by atoms with E-state index in [9.17, 15) is 0 Å². The Balaban J connectivity index is 4.52. The summed E-state index contributed by atoms with van der Waals surface area (Å²) in [5.74, 6) is 0.199. The van der Waals surface area contributed by atoms with E-state index >= 15 is 0 Å². The number of hydrogen-bond acceptors (Lipinski definition) is 2. The van der Waals surface area contributed by atoms with E-state index in [1.165, 1.54) is 70.6 Å². The minimum Gasteiger partial charge on any atom is -0.353 e. The lowest BCUT2D eigenvalue weighted by atomic mass is 9.85. The van der Waals surface area contributed by atoms with Gasteiger partial charge in [0.1, 0.15) is 0 Å². The number of unbranched alkanes of at least 4 members (excludes halogenated alkanes) is 6. The van der Waals surface area contributed by atoms with Gasteiger partial charge in [0.25, 0.3) is 0 Å². The van der Waals surface area contributed by atoms with Crippen molar-refractivity contribution in [3.63, 3.8) is 0 Å². The molecule has 0 saturated carbocycles. The molecular weight excluding hydrogens is 272 g/mol. The normalized spacial score (nSPS) is 15.7. The Labute approximate surface area is 140 Å². The summed E-state index contributed by atoms with van der Waals surface area (Å²) in [6.45, 7) is 9.64. The van der Waals surface area contributed by atoms with Crippen LogP contribution in [0.15, 0.2) is 0 Å². The molecule has 0 aromatic heterocycles. The molecule has 2 heteroatoms. The fourth-order valence-electron chi connectivity index (χ4n) is 3.49. The average Bonchev–Trinajstić information content (AvgIpc) is 2.54. The van der Waals surface area contributed by atoms with E-state index < -0.39 is 0 Å². The van der Waals surface area contributed by atoms with Crippen molar-refractivity contribution in [1.82, 2.24) is 0 Å². The molecule has 0 amide bonds. The van der Waals surface area contributed by atoms with Gasteiger partial charge in [-0.3, -0.25) is 0 Å². The van der Waals surface area contributed by atoms with E-state index in [1.54, 1.807) is 0 Å². The monoisotopic (exact) mass is 314 g/mol. The third-order valence-electron chi connectivity index (χ3n) is 4.78. The van der Waals surface area contributed by atoms with Gasteiger partial charge in [-0.2, -0.15) is 0 Å². The fourth-order valence-corrected chi connectivity index (χ4v) is 3.49. The summed E-state index contributed by atoms with van der Waals surface area (Å²) >= 11 is 0. The molecule has 0 heterocycles. The first kappa shape index (κ1) is 21.9. The lowest BCUT2D eigenvalue weighted by molar-refractivity contribution is -0.259. The van der Waals surface area contributed by atoms with Crippen molar-refractivity contribution < 1.29 is 9.47 Å². The van der Waals surface area contributed by atoms with Crippen molar-refractivity contribution in [3.05, 3.63) is 0 Å². The molecule has 2 unspecified atom stereocenters. The van der Waals surface area contributed by atoms with Crippen LogP contribution in [0.25, 0.3) is 0 Å². The summed E-state index contributed by atoms with van der Waals surface area (Å²) in [6, 6.07) is 0. The number of methoxy groups -OCH3 is 1. The first-order valence-corrected chi connectivity index (χ1v) is 9.89. The minimum absolute atomic E-state index is 0.343. The molecule has 134 valence electrons. The molecule has 0 aliphatic rings. The van der Waals surface area contributed by atoms with Crippen LogP contribution >= 0.6 is 0 Å². The molecule has 0 aliphatic carbocycles. The van der Waals surface area contributed by atoms with Crippen LogP contribution in [0.1, 0.15) is 105 Å². The summed E-state index contributed by atoms with van der Waals surface area (Å²) in [7, 11) is 1.84. The maximum atomic E-state index is 6.17. The minimum atomic E-state index is -0.343. The predicted octanol–water partition coefficient (Wildman–Crippen LogP) is 6.72. The van der Waals surface area contributed by atoms with Crippen molar-refractivity contribution in [2.75, 3.05) is 13.7 Å². The van der Waals surface area contributed by atoms with Gasteiger partial charge in [-0.05, 0) is 26.2 Å². The Morgan fingerprint density at radius 3 is 1.91 bits per heavy atom. The second-order valence-corrected chi connectivity index (χ2v) is 6.59. The predicted molar refractivity (Wildman–Crippen MR) is 97.3 cm³/mol. The molecule has 0 aromatic carbocycles. The third kappa shape index (κ3) is 8.53. The van der Waals surface area contributed by atoms with E-state index in [-0.39, 0.29) is 5.79 Å². The SMILES string of the molecule is CCCCCCCCC(CCC)C(CCCC)(OC)OCC. The van der Waals surface area contributed by atoms with Crippen molar-refractivity contribution in [2.45, 2.75) is 111 Å². The molecule has 2 atom stereocenters. The molecular formula is C20H42O2. The fraction of sp³-hybridized carbons (Fsp3) is 1.00. The van der Waals surface area contributed by atoms with Crippen LogP contribution in [0.2, 0.25) is 0 Å². The molecule has 0 N–H and O–H groups in total. The van der Waals surface area contributed by atoms with Crippen LogP contribution in [0.3, 0.4) is 0 Å². The Hall–Kier alpha value is -0.0800. The standard InChI is InChI=1S/C20H42O2/c1-6-10-12-13-14-15-17-19(16-8-3)20(21-5,22-9-4)18-11-7-2/h19H,6-18H2,1-5H3. The molecule has 0 fully saturated rings. The highest BCUT2D eigenvalue weighted by Crippen LogP contribution is 2.36. The number of hydrogen-bond donors (Lipinski definition) is 0. The van der Waals surface area contributed by atoms with Gasteiger partial charge in [-0.1, -0.05) is 72.1 Å². The second-order valence-electron chi connectivity index (χ2n) is 6.59. The molecule has 0 aliphatic heterocycles. The Bertz CT molecular complexity index is 230. The van der Waals surface area contributed by atoms with Gasteiger partial charge in [0.15, 0.2) is 5.79 Å². The maximum Gasteiger partial charge on any atom is 0.170 e. The van der Waals surface area contributed by atoms with Crippen LogP contribution < -0.4 is 0 Å². The van der Waals surface area contributed by atoms with Crippen molar-refractivity contribution >= 4 is 0 Å². The largest absolute Gasteiger partial charge is 0.353 e. The lowest BCUT2D eigenvalue weighted by Gasteiger charge is -2.39. The van der Waals surface area contributed by atoms with Crippen LogP contribution in [-0.4, -0.2) is 19.5 Å². The smallest absolute Gasteiger partial charge is 0.170 e. The molecule has 0 spiro atoms. The van der Waals surface area contributed by atoms with Gasteiger partial charge in [0, 0.05) is 26.1 Å². The molecule has 0 bridgehead atoms. The Morgan fingerprint density at radius 2 is 1.36 bits per heavy atom. The van der Waals surface area contributed by atoms with Crippen molar-refractivity contribution in [2.24, 2.45) is 5.92 Å². The average molecular weight is 315 g/mol. The highest BCUT2D eigenvalue weighted by atomic mass is 16.7. The van der Waals surface area contributed by atoms with Crippen LogP contribution in [0, 0.1) is 5.92 Å². The zero-order valence-corrected chi connectivity index (χ0v) is 16.1. The molecule has 2 nitrogen and oxygen atoms in total. The first-order chi connectivity index (χ1) is 10.7. The summed E-state index contributed by atoms with van der Waals surface area (Å²) in [5.41, 5.74) is 0. The maximum absolute atomic E-state index is 6.17. The third-order valence-corrected chi connectivity index (χ3v) is 4.78. The molecule has 0 saturated heterocycles. The summed E-state index contributed by atoms with van der Waals surface area (Å²) in [4.78, 5) is 0. The number of rotatable bonds is 16. The van der Waals surface area contributed by atoms with Gasteiger partial charge >= 0.3 is 0 Å². The Morgan fingerprint density at radius 1 is 0.727 bits per heavy atom. The van der Waals surface area contributed by atoms with E-state index in [0.717, 1.165) is 13.0 Å². The van der Waals surface area contributed by atoms with Gasteiger partial charge in [0.2, 0.25) is 0 Å². The lowest BCUT2D eigenvalue weighted by Crippen LogP contribution is -2.43. The van der Waals surface area contributed by atoms with Gasteiger partial charge < -0.3 is 9.47 Å². The van der Waals surface area contributed by atoms with Gasteiger partial charge in [-0.25, -0.2) is 0 Å². The number of ether oxygens (including phenoxy) is 2. The van der Waals surface area contributed by atoms with E-state index in [4.69, 9.17) is 9.47 Å². The summed E-state index contributed by atoms with van der Waals surface area (Å²) in [5, 5.41) is 0. The quantitative estimate of drug-likeness (QED) is 0.232. The zero-order valence-electron chi connectivity index (χ0n) is 16.1. The van der Waals surface area contributed by atoms with E-state index in [0.29, 0.717) is 5.92 Å². The van der Waals surface area contributed by atoms with Crippen LogP contribution in [0.4, 0.5) is 0 Å². The second kappa shape index (κ2) is 14.5. The van der Waals surface area contributed by atoms with E-state index in [1.807, 2.05) is 7.11 Å². The van der Waals surface area contributed by atoms with Gasteiger partial charge in [0.05, 0.1) is 0 Å². The highest BCUT2D eigenvalue weighted by Gasteiger charge is 2.38. The molecule has 0 rings (SSSR count). The highest BCUT2D eigenvalue weighted by molar-refractivity contribution is 4.80. The summed E-state index contributed by atoms with van der Waals surface area (Å²) in [6.07, 6.45) is 15.3. The van der Waals surface area contributed by atoms with Crippen molar-refractivity contribution in [1.29, 1.82) is 0 Å². The zero-order chi connectivity index (χ0) is 16.7. The molecule has 0 aromatic rings. The van der Waals surface area contributed by atoms with Gasteiger partial charge in [-0.15, -0.1) is 0 Å². The molecule has 22 heavy (non-hydrogen) atoms. The van der Waals surface area contributed by atoms with Crippen LogP contribution in [0.5, 0.6) is 0 Å².